The van der Waals surface area contributed by atoms with Gasteiger partial charge in [-0.1, -0.05) is 335 Å². The maximum absolute atomic E-state index is 5.62. The highest BCUT2D eigenvalue weighted by molar-refractivity contribution is 14.1. The highest BCUT2D eigenvalue weighted by Crippen LogP contribution is 2.44. The second kappa shape index (κ2) is 43.0. The summed E-state index contributed by atoms with van der Waals surface area (Å²) < 4.78 is 13.3. The van der Waals surface area contributed by atoms with E-state index in [0.29, 0.717) is 6.61 Å². The summed E-state index contributed by atoms with van der Waals surface area (Å²) in [4.78, 5) is 37.8. The van der Waals surface area contributed by atoms with Crippen molar-refractivity contribution < 1.29 is 9.47 Å². The van der Waals surface area contributed by atoms with E-state index in [1.807, 2.05) is 43.3 Å². The zero-order valence-corrected chi connectivity index (χ0v) is 80.9. The second-order valence-electron chi connectivity index (χ2n) is 34.2. The number of hydrogen-bond donors (Lipinski definition) is 0. The van der Waals surface area contributed by atoms with E-state index in [9.17, 15) is 0 Å². The molecule has 0 saturated heterocycles. The third kappa shape index (κ3) is 21.4. The fourth-order valence-corrected chi connectivity index (χ4v) is 18.6. The molecule has 0 aromatic heterocycles. The van der Waals surface area contributed by atoms with Crippen LogP contribution in [0.15, 0.2) is 430 Å². The topological polar surface area (TPSA) is 96.5 Å². The molecule has 5 aliphatic heterocycles. The number of methoxy groups -OCH3 is 1. The lowest BCUT2D eigenvalue weighted by atomic mass is 10.0. The average Bonchev–Trinajstić information content (AvgIpc) is 1.64. The molecule has 15 aromatic rings. The number of para-hydroxylation sites is 1. The Morgan fingerprint density at radius 1 is 0.250 bits per heavy atom. The molecular formula is C118H114BrIN10O2. The van der Waals surface area contributed by atoms with Gasteiger partial charge in [0.05, 0.1) is 72.5 Å². The molecule has 10 atom stereocenters. The first-order valence-corrected chi connectivity index (χ1v) is 47.6. The number of anilines is 5. The van der Waals surface area contributed by atoms with Crippen molar-refractivity contribution in [3.63, 3.8) is 0 Å². The molecule has 0 aliphatic carbocycles. The van der Waals surface area contributed by atoms with Crippen LogP contribution in [0.25, 0.3) is 0 Å². The molecule has 5 aliphatic rings. The van der Waals surface area contributed by atoms with Crippen molar-refractivity contribution in [3.05, 3.63) is 492 Å². The number of benzene rings is 15. The van der Waals surface area contributed by atoms with Crippen LogP contribution in [0.3, 0.4) is 0 Å². The molecule has 0 spiro atoms. The van der Waals surface area contributed by atoms with Gasteiger partial charge in [0.1, 0.15) is 42.3 Å². The Bertz CT molecular complexity index is 6260. The fourth-order valence-electron chi connectivity index (χ4n) is 18.0. The van der Waals surface area contributed by atoms with Crippen molar-refractivity contribution >= 4 is 95.5 Å². The van der Waals surface area contributed by atoms with Crippen LogP contribution in [0.4, 0.5) is 28.4 Å². The molecule has 15 aromatic carbocycles. The van der Waals surface area contributed by atoms with Gasteiger partial charge in [-0.3, -0.25) is 25.0 Å². The van der Waals surface area contributed by atoms with Crippen LogP contribution < -0.4 is 34.0 Å². The van der Waals surface area contributed by atoms with E-state index in [-0.39, 0.29) is 61.0 Å². The highest BCUT2D eigenvalue weighted by Gasteiger charge is 2.41. The standard InChI is InChI=1S/C25H26N2O.C24H24N2O.C23H21BrN2.C23H21IN2.C23H22N2/c1-4-28-23-16-14-22(15-17-23)27-19(3)24(20-12-10-18(2)11-13-20)26-25(27)21-8-6-5-7-9-21;1-17-9-11-19(12-10-17)23-18(2)26(21-13-15-22(27-3)16-14-21)24(25-23)20-7-5-4-6-8-20;2*1-16-8-10-18(11-9-16)22-17(2)26(21-14-12-20(24)13-15-21)23(25-22)19-6-4-3-5-7-19;1-17-13-15-19(16-14-17)22-18(2)25(21-11-7-4-8-12-21)23(24-22)20-9-5-3-6-10-20/h5-17,19,25H,4H2,1-3H3;4-16,18,24H,1-3H3;2*3-15,17,23H,1-2H3;3-16,18,23H,1-2H3. The summed E-state index contributed by atoms with van der Waals surface area (Å²) in [6.45, 7) is 24.5. The molecule has 662 valence electrons. The Labute approximate surface area is 802 Å². The predicted molar refractivity (Wildman–Crippen MR) is 565 cm³/mol. The zero-order valence-electron chi connectivity index (χ0n) is 77.1. The molecular weight excluding hydrogens is 1800 g/mol. The lowest BCUT2D eigenvalue weighted by Gasteiger charge is -2.30. The summed E-state index contributed by atoms with van der Waals surface area (Å²) in [7, 11) is 1.69. The highest BCUT2D eigenvalue weighted by atomic mass is 127. The van der Waals surface area contributed by atoms with Crippen LogP contribution in [0.1, 0.15) is 156 Å². The van der Waals surface area contributed by atoms with E-state index in [1.54, 1.807) is 7.11 Å². The van der Waals surface area contributed by atoms with Crippen LogP contribution in [0.2, 0.25) is 0 Å². The van der Waals surface area contributed by atoms with E-state index in [1.165, 1.54) is 104 Å². The van der Waals surface area contributed by atoms with E-state index in [4.69, 9.17) is 34.4 Å². The normalized spacial score (nSPS) is 19.3. The molecule has 132 heavy (non-hydrogen) atoms. The van der Waals surface area contributed by atoms with Crippen molar-refractivity contribution in [2.45, 2.75) is 137 Å². The number of halogens is 2. The quantitative estimate of drug-likeness (QED) is 0.0790. The van der Waals surface area contributed by atoms with Crippen molar-refractivity contribution in [2.75, 3.05) is 38.2 Å². The summed E-state index contributed by atoms with van der Waals surface area (Å²) in [5.74, 6) is 1.76. The lowest BCUT2D eigenvalue weighted by Crippen LogP contribution is -2.35. The Kier molecular flexibility index (Phi) is 29.9. The molecule has 0 radical (unpaired) electrons. The first-order chi connectivity index (χ1) is 64.3. The summed E-state index contributed by atoms with van der Waals surface area (Å²) in [6.07, 6.45) is -0.0718. The molecule has 10 unspecified atom stereocenters. The maximum Gasteiger partial charge on any atom is 0.148 e. The maximum atomic E-state index is 5.62. The molecule has 0 fully saturated rings. The molecule has 12 nitrogen and oxygen atoms in total. The average molecular weight is 1910 g/mol. The monoisotopic (exact) mass is 1910 g/mol. The number of aryl methyl sites for hydroxylation is 5. The molecule has 0 amide bonds. The van der Waals surface area contributed by atoms with Gasteiger partial charge in [0.15, 0.2) is 0 Å². The van der Waals surface area contributed by atoms with Gasteiger partial charge in [-0.15, -0.1) is 0 Å². The van der Waals surface area contributed by atoms with Crippen molar-refractivity contribution in [3.8, 4) is 11.5 Å². The van der Waals surface area contributed by atoms with Crippen molar-refractivity contribution in [2.24, 2.45) is 25.0 Å². The van der Waals surface area contributed by atoms with E-state index in [0.717, 1.165) is 55.9 Å². The minimum absolute atomic E-state index is 0.00237. The van der Waals surface area contributed by atoms with Crippen LogP contribution in [0.5, 0.6) is 11.5 Å². The van der Waals surface area contributed by atoms with Gasteiger partial charge >= 0.3 is 0 Å². The predicted octanol–water partition coefficient (Wildman–Crippen LogP) is 28.7. The minimum Gasteiger partial charge on any atom is -0.497 e. The fraction of sp³-hybridized carbons (Fsp3) is 0.195. The number of ether oxygens (including phenoxy) is 2. The van der Waals surface area contributed by atoms with E-state index >= 15 is 0 Å². The zero-order chi connectivity index (χ0) is 91.7. The van der Waals surface area contributed by atoms with Gasteiger partial charge in [0.25, 0.3) is 0 Å². The molecule has 0 bridgehead atoms. The van der Waals surface area contributed by atoms with Gasteiger partial charge < -0.3 is 34.0 Å². The van der Waals surface area contributed by atoms with Gasteiger partial charge in [0, 0.05) is 36.5 Å². The SMILES string of the molecule is CCOc1ccc(N2C(C)C(c3ccc(C)cc3)=NC2c2ccccc2)cc1.COc1ccc(N2C(C)C(c3ccc(C)cc3)=NC2c2ccccc2)cc1.Cc1ccc(C2=NC(c3ccccc3)N(c3ccc(Br)cc3)C2C)cc1.Cc1ccc(C2=NC(c3ccccc3)N(c3ccc(I)cc3)C2C)cc1.Cc1ccc(C2=NC(c3ccccc3)N(c3ccccc3)C2C)cc1. The van der Waals surface area contributed by atoms with Gasteiger partial charge in [-0.25, -0.2) is 0 Å². The van der Waals surface area contributed by atoms with Gasteiger partial charge in [0.2, 0.25) is 0 Å². The largest absolute Gasteiger partial charge is 0.497 e. The summed E-state index contributed by atoms with van der Waals surface area (Å²) in [5.41, 5.74) is 29.9. The smallest absolute Gasteiger partial charge is 0.148 e. The Hall–Kier alpha value is -13.5. The van der Waals surface area contributed by atoms with Gasteiger partial charge in [-0.2, -0.15) is 0 Å². The number of rotatable bonds is 18. The Morgan fingerprint density at radius 3 is 0.667 bits per heavy atom. The molecule has 0 saturated carbocycles. The first kappa shape index (κ1) is 91.8. The third-order valence-electron chi connectivity index (χ3n) is 25.0. The second-order valence-corrected chi connectivity index (χ2v) is 36.3. The van der Waals surface area contributed by atoms with E-state index in [2.05, 4.69) is 496 Å². The number of nitrogens with zero attached hydrogens (tertiary/aromatic N) is 10. The third-order valence-corrected chi connectivity index (χ3v) is 26.3. The number of aliphatic imine (C=N–C) groups is 5. The molecule has 0 N–H and O–H groups in total. The lowest BCUT2D eigenvalue weighted by molar-refractivity contribution is 0.340. The summed E-state index contributed by atoms with van der Waals surface area (Å²) in [5, 5.41) is 0. The van der Waals surface area contributed by atoms with Gasteiger partial charge in [-0.05, 0) is 264 Å². The first-order valence-electron chi connectivity index (χ1n) is 45.7. The Balaban J connectivity index is 0.000000120. The molecule has 20 rings (SSSR count). The minimum atomic E-state index is -0.0366. The number of hydrogen-bond acceptors (Lipinski definition) is 12. The molecule has 5 heterocycles. The van der Waals surface area contributed by atoms with Crippen molar-refractivity contribution in [1.82, 2.24) is 0 Å². The summed E-state index contributed by atoms with van der Waals surface area (Å²) in [6, 6.07) is 141. The summed E-state index contributed by atoms with van der Waals surface area (Å²) >= 11 is 5.89. The van der Waals surface area contributed by atoms with Crippen molar-refractivity contribution in [1.29, 1.82) is 0 Å². The molecule has 14 heteroatoms. The van der Waals surface area contributed by atoms with Crippen LogP contribution in [-0.2, 0) is 0 Å². The van der Waals surface area contributed by atoms with E-state index < -0.39 is 0 Å². The van der Waals surface area contributed by atoms with Crippen LogP contribution in [0, 0.1) is 38.2 Å². The Morgan fingerprint density at radius 2 is 0.447 bits per heavy atom. The van der Waals surface area contributed by atoms with Crippen LogP contribution in [-0.4, -0.2) is 72.5 Å². The van der Waals surface area contributed by atoms with Crippen LogP contribution >= 0.6 is 38.5 Å².